The predicted octanol–water partition coefficient (Wildman–Crippen LogP) is 3.14. The van der Waals surface area contributed by atoms with E-state index in [0.717, 1.165) is 12.8 Å². The summed E-state index contributed by atoms with van der Waals surface area (Å²) in [5, 5.41) is 11.9. The molecule has 29 heavy (non-hydrogen) atoms. The Morgan fingerprint density at radius 1 is 1.41 bits per heavy atom. The van der Waals surface area contributed by atoms with E-state index in [9.17, 15) is 18.5 Å². The van der Waals surface area contributed by atoms with Gasteiger partial charge in [-0.15, -0.1) is 0 Å². The maximum Gasteiger partial charge on any atom is 0.410 e. The van der Waals surface area contributed by atoms with E-state index in [-0.39, 0.29) is 28.6 Å². The first kappa shape index (κ1) is 21.9. The average molecular weight is 440 g/mol. The van der Waals surface area contributed by atoms with Crippen LogP contribution in [-0.2, 0) is 14.6 Å². The Morgan fingerprint density at radius 2 is 2.10 bits per heavy atom. The van der Waals surface area contributed by atoms with Crippen molar-refractivity contribution in [3.8, 4) is 6.07 Å². The number of nitrogens with one attached hydrogen (secondary N) is 1. The van der Waals surface area contributed by atoms with Gasteiger partial charge in [-0.1, -0.05) is 23.7 Å². The molecule has 1 heterocycles. The molecule has 2 atom stereocenters. The van der Waals surface area contributed by atoms with Crippen LogP contribution in [0.25, 0.3) is 0 Å². The van der Waals surface area contributed by atoms with Gasteiger partial charge in [-0.05, 0) is 58.2 Å². The summed E-state index contributed by atoms with van der Waals surface area (Å²) in [6.45, 7) is 4.11. The molecule has 1 aromatic carbocycles. The molecule has 7 nitrogen and oxygen atoms in total. The normalized spacial score (nSPS) is 23.1. The summed E-state index contributed by atoms with van der Waals surface area (Å²) in [5.41, 5.74) is -0.453. The summed E-state index contributed by atoms with van der Waals surface area (Å²) in [7, 11) is -3.70. The monoisotopic (exact) mass is 439 g/mol. The second-order valence-corrected chi connectivity index (χ2v) is 10.6. The summed E-state index contributed by atoms with van der Waals surface area (Å²) in [6.07, 6.45) is 1.68. The van der Waals surface area contributed by atoms with E-state index < -0.39 is 26.7 Å². The first-order chi connectivity index (χ1) is 13.7. The van der Waals surface area contributed by atoms with Gasteiger partial charge in [-0.2, -0.15) is 5.26 Å². The highest BCUT2D eigenvalue weighted by Gasteiger charge is 2.45. The van der Waals surface area contributed by atoms with E-state index in [0.29, 0.717) is 19.4 Å². The number of carbonyl (C=O) groups excluding carboxylic acids is 1. The molecule has 1 amide bonds. The van der Waals surface area contributed by atoms with Crippen molar-refractivity contribution in [3.63, 3.8) is 0 Å². The number of hydrogen-bond acceptors (Lipinski definition) is 6. The maximum atomic E-state index is 13.2. The second-order valence-electron chi connectivity index (χ2n) is 7.98. The Bertz CT molecular complexity index is 909. The number of ether oxygens (including phenoxy) is 1. The minimum absolute atomic E-state index is 0.0627. The van der Waals surface area contributed by atoms with Crippen LogP contribution in [0.5, 0.6) is 0 Å². The molecule has 0 bridgehead atoms. The fourth-order valence-corrected chi connectivity index (χ4v) is 5.91. The highest BCUT2D eigenvalue weighted by atomic mass is 35.5. The van der Waals surface area contributed by atoms with Crippen LogP contribution in [0.1, 0.15) is 39.5 Å². The lowest BCUT2D eigenvalue weighted by Crippen LogP contribution is -2.40. The molecule has 1 aromatic rings. The van der Waals surface area contributed by atoms with Gasteiger partial charge in [0.15, 0.2) is 9.84 Å². The fourth-order valence-electron chi connectivity index (χ4n) is 3.65. The van der Waals surface area contributed by atoms with Gasteiger partial charge >= 0.3 is 6.09 Å². The van der Waals surface area contributed by atoms with Crippen molar-refractivity contribution in [2.24, 2.45) is 0 Å². The van der Waals surface area contributed by atoms with Gasteiger partial charge in [0.05, 0.1) is 27.3 Å². The molecular weight excluding hydrogens is 414 g/mol. The van der Waals surface area contributed by atoms with Crippen molar-refractivity contribution >= 4 is 27.5 Å². The number of hydrogen-bond donors (Lipinski definition) is 1. The van der Waals surface area contributed by atoms with Gasteiger partial charge in [0, 0.05) is 12.6 Å². The molecule has 158 valence electrons. The third kappa shape index (κ3) is 4.85. The molecule has 2 fully saturated rings. The van der Waals surface area contributed by atoms with Crippen LogP contribution < -0.4 is 5.32 Å². The lowest BCUT2D eigenvalue weighted by Gasteiger charge is -2.25. The molecule has 3 rings (SSSR count). The topological polar surface area (TPSA) is 99.5 Å². The van der Waals surface area contributed by atoms with Crippen molar-refractivity contribution in [1.82, 2.24) is 10.2 Å². The van der Waals surface area contributed by atoms with Crippen molar-refractivity contribution in [3.05, 3.63) is 29.3 Å². The quantitative estimate of drug-likeness (QED) is 0.700. The maximum absolute atomic E-state index is 13.2. The predicted molar refractivity (Wildman–Crippen MR) is 109 cm³/mol. The van der Waals surface area contributed by atoms with Crippen molar-refractivity contribution in [2.45, 2.75) is 67.4 Å². The number of halogens is 1. The first-order valence-electron chi connectivity index (χ1n) is 9.80. The number of carbonyl (C=O) groups is 1. The van der Waals surface area contributed by atoms with Crippen LogP contribution in [-0.4, -0.2) is 55.4 Å². The van der Waals surface area contributed by atoms with Crippen molar-refractivity contribution < 1.29 is 17.9 Å². The standard InChI is InChI=1S/C20H26ClN3O4S/c1-14(2)28-19(25)24-12-16(29(26,27)18-6-4-3-5-17(18)21)11-15(24)7-10-23-20(13-22)8-9-20/h3-6,14-16,23H,7-12H2,1-2H3/t15?,16-/m1/s1. The number of likely N-dealkylation sites (tertiary alicyclic amines) is 1. The first-order valence-corrected chi connectivity index (χ1v) is 11.7. The van der Waals surface area contributed by atoms with Crippen LogP contribution >= 0.6 is 11.6 Å². The van der Waals surface area contributed by atoms with Gasteiger partial charge < -0.3 is 9.64 Å². The highest BCUT2D eigenvalue weighted by molar-refractivity contribution is 7.92. The van der Waals surface area contributed by atoms with Crippen LogP contribution in [0.15, 0.2) is 29.2 Å². The van der Waals surface area contributed by atoms with Crippen LogP contribution in [0.3, 0.4) is 0 Å². The minimum atomic E-state index is -3.70. The molecular formula is C20H26ClN3O4S. The van der Waals surface area contributed by atoms with Gasteiger partial charge in [-0.25, -0.2) is 13.2 Å². The summed E-state index contributed by atoms with van der Waals surface area (Å²) in [5.74, 6) is 0. The molecule has 1 unspecified atom stereocenters. The van der Waals surface area contributed by atoms with Gasteiger partial charge in [0.25, 0.3) is 0 Å². The molecule has 2 aliphatic rings. The molecule has 1 aliphatic heterocycles. The zero-order valence-electron chi connectivity index (χ0n) is 16.6. The van der Waals surface area contributed by atoms with Crippen LogP contribution in [0.4, 0.5) is 4.79 Å². The number of benzene rings is 1. The Labute approximate surface area is 176 Å². The van der Waals surface area contributed by atoms with E-state index in [1.165, 1.54) is 11.0 Å². The number of amides is 1. The average Bonchev–Trinajstić information content (AvgIpc) is 3.30. The molecule has 1 saturated heterocycles. The smallest absolute Gasteiger partial charge is 0.410 e. The lowest BCUT2D eigenvalue weighted by molar-refractivity contribution is 0.0722. The Hall–Kier alpha value is -1.82. The largest absolute Gasteiger partial charge is 0.447 e. The van der Waals surface area contributed by atoms with E-state index in [1.807, 2.05) is 0 Å². The van der Waals surface area contributed by atoms with Crippen LogP contribution in [0, 0.1) is 11.3 Å². The summed E-state index contributed by atoms with van der Waals surface area (Å²) < 4.78 is 31.6. The zero-order valence-corrected chi connectivity index (χ0v) is 18.2. The molecule has 1 aliphatic carbocycles. The Balaban J connectivity index is 1.75. The zero-order chi connectivity index (χ0) is 21.2. The van der Waals surface area contributed by atoms with E-state index in [4.69, 9.17) is 16.3 Å². The molecule has 0 radical (unpaired) electrons. The van der Waals surface area contributed by atoms with Crippen LogP contribution in [0.2, 0.25) is 5.02 Å². The second kappa shape index (κ2) is 8.50. The van der Waals surface area contributed by atoms with Gasteiger partial charge in [0.1, 0.15) is 5.54 Å². The summed E-state index contributed by atoms with van der Waals surface area (Å²) >= 11 is 6.12. The fraction of sp³-hybridized carbons (Fsp3) is 0.600. The van der Waals surface area contributed by atoms with E-state index >= 15 is 0 Å². The van der Waals surface area contributed by atoms with E-state index in [1.54, 1.807) is 32.0 Å². The molecule has 0 aromatic heterocycles. The summed E-state index contributed by atoms with van der Waals surface area (Å²) in [6, 6.07) is 8.34. The number of nitriles is 1. The highest BCUT2D eigenvalue weighted by Crippen LogP contribution is 2.35. The third-order valence-corrected chi connectivity index (χ3v) is 8.06. The summed E-state index contributed by atoms with van der Waals surface area (Å²) in [4.78, 5) is 14.2. The SMILES string of the molecule is CC(C)OC(=O)N1C[C@H](S(=O)(=O)c2ccccc2Cl)CC1CCNC1(C#N)CC1. The Morgan fingerprint density at radius 3 is 2.69 bits per heavy atom. The number of rotatable bonds is 7. The Kier molecular flexibility index (Phi) is 6.42. The lowest BCUT2D eigenvalue weighted by atomic mass is 10.1. The van der Waals surface area contributed by atoms with E-state index in [2.05, 4.69) is 11.4 Å². The van der Waals surface area contributed by atoms with Crippen molar-refractivity contribution in [2.75, 3.05) is 13.1 Å². The van der Waals surface area contributed by atoms with Crippen molar-refractivity contribution in [1.29, 1.82) is 5.26 Å². The van der Waals surface area contributed by atoms with Gasteiger partial charge in [-0.3, -0.25) is 5.32 Å². The molecule has 1 saturated carbocycles. The molecule has 9 heteroatoms. The number of sulfone groups is 1. The molecule has 1 N–H and O–H groups in total. The number of nitrogens with zero attached hydrogens (tertiary/aromatic N) is 2. The third-order valence-electron chi connectivity index (χ3n) is 5.43. The van der Waals surface area contributed by atoms with Gasteiger partial charge in [0.2, 0.25) is 0 Å². The molecule has 0 spiro atoms. The minimum Gasteiger partial charge on any atom is -0.447 e.